The molecular weight excluding hydrogens is 230 g/mol. The highest BCUT2D eigenvalue weighted by Crippen LogP contribution is 2.17. The van der Waals surface area contributed by atoms with Gasteiger partial charge in [-0.1, -0.05) is 6.07 Å². The molecule has 0 radical (unpaired) electrons. The lowest BCUT2D eigenvalue weighted by Gasteiger charge is -2.23. The van der Waals surface area contributed by atoms with Crippen LogP contribution in [0.25, 0.3) is 0 Å². The third-order valence-corrected chi connectivity index (χ3v) is 3.14. The monoisotopic (exact) mass is 249 g/mol. The molecule has 18 heavy (non-hydrogen) atoms. The summed E-state index contributed by atoms with van der Waals surface area (Å²) in [6.07, 6.45) is 2.66. The van der Waals surface area contributed by atoms with Crippen LogP contribution in [0.2, 0.25) is 0 Å². The van der Waals surface area contributed by atoms with E-state index in [1.165, 1.54) is 0 Å². The molecule has 0 spiro atoms. The molecule has 98 valence electrons. The summed E-state index contributed by atoms with van der Waals surface area (Å²) in [7, 11) is 1.60. The number of amides is 1. The van der Waals surface area contributed by atoms with Crippen molar-refractivity contribution in [2.45, 2.75) is 25.9 Å². The van der Waals surface area contributed by atoms with E-state index in [1.54, 1.807) is 13.3 Å². The van der Waals surface area contributed by atoms with Crippen LogP contribution < -0.4 is 10.1 Å². The molecule has 0 saturated carbocycles. The lowest BCUT2D eigenvalue weighted by atomic mass is 10.2. The Bertz CT molecular complexity index is 422. The van der Waals surface area contributed by atoms with Crippen LogP contribution >= 0.6 is 0 Å². The van der Waals surface area contributed by atoms with E-state index in [1.807, 2.05) is 24.0 Å². The maximum atomic E-state index is 12.2. The van der Waals surface area contributed by atoms with Crippen LogP contribution in [0.4, 0.5) is 0 Å². The molecule has 0 aliphatic carbocycles. The lowest BCUT2D eigenvalue weighted by molar-refractivity contribution is -0.132. The summed E-state index contributed by atoms with van der Waals surface area (Å²) >= 11 is 0. The molecule has 1 aliphatic rings. The van der Waals surface area contributed by atoms with E-state index in [0.717, 1.165) is 25.1 Å². The van der Waals surface area contributed by atoms with Crippen LogP contribution in [-0.2, 0) is 11.3 Å². The largest absolute Gasteiger partial charge is 0.481 e. The fraction of sp³-hybridized carbons (Fsp3) is 0.538. The number of methoxy groups -OCH3 is 1. The van der Waals surface area contributed by atoms with E-state index in [9.17, 15) is 4.79 Å². The lowest BCUT2D eigenvalue weighted by Crippen LogP contribution is -2.41. The Morgan fingerprint density at radius 1 is 1.61 bits per heavy atom. The van der Waals surface area contributed by atoms with Gasteiger partial charge in [-0.3, -0.25) is 4.79 Å². The molecule has 1 unspecified atom stereocenters. The summed E-state index contributed by atoms with van der Waals surface area (Å²) < 4.78 is 5.22. The van der Waals surface area contributed by atoms with Gasteiger partial charge in [-0.15, -0.1) is 0 Å². The van der Waals surface area contributed by atoms with Crippen LogP contribution in [0.1, 0.15) is 18.9 Å². The zero-order valence-corrected chi connectivity index (χ0v) is 10.8. The smallest absolute Gasteiger partial charge is 0.239 e. The third kappa shape index (κ3) is 2.79. The number of pyridine rings is 1. The van der Waals surface area contributed by atoms with Gasteiger partial charge in [0.05, 0.1) is 19.7 Å². The Kier molecular flexibility index (Phi) is 4.15. The van der Waals surface area contributed by atoms with Gasteiger partial charge in [-0.05, 0) is 26.0 Å². The Morgan fingerprint density at radius 3 is 3.22 bits per heavy atom. The molecule has 2 heterocycles. The number of hydrogen-bond acceptors (Lipinski definition) is 4. The first-order chi connectivity index (χ1) is 8.72. The van der Waals surface area contributed by atoms with Crippen molar-refractivity contribution < 1.29 is 9.53 Å². The first kappa shape index (κ1) is 12.8. The number of rotatable bonds is 3. The number of carbonyl (C=O) groups excluding carboxylic acids is 1. The number of aromatic nitrogens is 1. The minimum absolute atomic E-state index is 0.116. The molecule has 1 amide bonds. The maximum Gasteiger partial charge on any atom is 0.239 e. The van der Waals surface area contributed by atoms with Gasteiger partial charge in [0.15, 0.2) is 0 Å². The standard InChI is InChI=1S/C13H19N3O2/c1-10-13(17)16(8-4-7-14-10)9-11-5-3-6-15-12(11)18-2/h3,5-6,10,14H,4,7-9H2,1-2H3. The molecule has 1 atom stereocenters. The molecular formula is C13H19N3O2. The molecule has 1 saturated heterocycles. The fourth-order valence-corrected chi connectivity index (χ4v) is 2.15. The van der Waals surface area contributed by atoms with Gasteiger partial charge in [0.2, 0.25) is 11.8 Å². The van der Waals surface area contributed by atoms with Gasteiger partial charge in [0, 0.05) is 18.3 Å². The predicted molar refractivity (Wildman–Crippen MR) is 68.3 cm³/mol. The average Bonchev–Trinajstić information content (AvgIpc) is 2.55. The van der Waals surface area contributed by atoms with Crippen LogP contribution in [0.3, 0.4) is 0 Å². The van der Waals surface area contributed by atoms with E-state index in [-0.39, 0.29) is 11.9 Å². The molecule has 1 fully saturated rings. The SMILES string of the molecule is COc1ncccc1CN1CCCNC(C)C1=O. The third-order valence-electron chi connectivity index (χ3n) is 3.14. The van der Waals surface area contributed by atoms with Gasteiger partial charge < -0.3 is 15.0 Å². The van der Waals surface area contributed by atoms with Crippen molar-refractivity contribution >= 4 is 5.91 Å². The van der Waals surface area contributed by atoms with Crippen molar-refractivity contribution in [1.82, 2.24) is 15.2 Å². The van der Waals surface area contributed by atoms with Gasteiger partial charge in [-0.2, -0.15) is 0 Å². The number of nitrogens with zero attached hydrogens (tertiary/aromatic N) is 2. The van der Waals surface area contributed by atoms with E-state index in [4.69, 9.17) is 4.74 Å². The van der Waals surface area contributed by atoms with Crippen LogP contribution in [0, 0.1) is 0 Å². The van der Waals surface area contributed by atoms with Crippen molar-refractivity contribution in [3.63, 3.8) is 0 Å². The maximum absolute atomic E-state index is 12.2. The molecule has 1 aromatic rings. The van der Waals surface area contributed by atoms with Crippen molar-refractivity contribution in [2.75, 3.05) is 20.2 Å². The Balaban J connectivity index is 2.14. The molecule has 1 N–H and O–H groups in total. The Hall–Kier alpha value is -1.62. The summed E-state index contributed by atoms with van der Waals surface area (Å²) in [4.78, 5) is 18.2. The average molecular weight is 249 g/mol. The molecule has 5 nitrogen and oxygen atoms in total. The molecule has 2 rings (SSSR count). The number of carbonyl (C=O) groups is 1. The number of nitrogens with one attached hydrogen (secondary N) is 1. The molecule has 1 aromatic heterocycles. The summed E-state index contributed by atoms with van der Waals surface area (Å²) in [6, 6.07) is 3.69. The Labute approximate surface area is 107 Å². The Morgan fingerprint density at radius 2 is 2.44 bits per heavy atom. The van der Waals surface area contributed by atoms with Crippen molar-refractivity contribution in [3.8, 4) is 5.88 Å². The second kappa shape index (κ2) is 5.82. The topological polar surface area (TPSA) is 54.5 Å². The van der Waals surface area contributed by atoms with Crippen molar-refractivity contribution in [3.05, 3.63) is 23.9 Å². The highest BCUT2D eigenvalue weighted by Gasteiger charge is 2.23. The van der Waals surface area contributed by atoms with Crippen LogP contribution in [-0.4, -0.2) is 42.0 Å². The van der Waals surface area contributed by atoms with Crippen molar-refractivity contribution in [2.24, 2.45) is 0 Å². The predicted octanol–water partition coefficient (Wildman–Crippen LogP) is 0.801. The van der Waals surface area contributed by atoms with Crippen LogP contribution in [0.5, 0.6) is 5.88 Å². The fourth-order valence-electron chi connectivity index (χ4n) is 2.15. The van der Waals surface area contributed by atoms with E-state index in [0.29, 0.717) is 12.4 Å². The summed E-state index contributed by atoms with van der Waals surface area (Å²) in [5.74, 6) is 0.730. The highest BCUT2D eigenvalue weighted by atomic mass is 16.5. The summed E-state index contributed by atoms with van der Waals surface area (Å²) in [6.45, 7) is 4.12. The number of hydrogen-bond donors (Lipinski definition) is 1. The van der Waals surface area contributed by atoms with E-state index < -0.39 is 0 Å². The quantitative estimate of drug-likeness (QED) is 0.861. The first-order valence-electron chi connectivity index (χ1n) is 6.22. The zero-order valence-electron chi connectivity index (χ0n) is 10.8. The van der Waals surface area contributed by atoms with E-state index in [2.05, 4.69) is 10.3 Å². The zero-order chi connectivity index (χ0) is 13.0. The molecule has 0 bridgehead atoms. The normalized spacial score (nSPS) is 20.7. The summed E-state index contributed by atoms with van der Waals surface area (Å²) in [5.41, 5.74) is 0.947. The second-order valence-corrected chi connectivity index (χ2v) is 4.46. The molecule has 5 heteroatoms. The minimum Gasteiger partial charge on any atom is -0.481 e. The first-order valence-corrected chi connectivity index (χ1v) is 6.22. The van der Waals surface area contributed by atoms with Gasteiger partial charge in [0.1, 0.15) is 0 Å². The van der Waals surface area contributed by atoms with Crippen LogP contribution in [0.15, 0.2) is 18.3 Å². The molecule has 0 aromatic carbocycles. The second-order valence-electron chi connectivity index (χ2n) is 4.46. The molecule has 1 aliphatic heterocycles. The number of ether oxygens (including phenoxy) is 1. The summed E-state index contributed by atoms with van der Waals surface area (Å²) in [5, 5.41) is 3.20. The minimum atomic E-state index is -0.116. The van der Waals surface area contributed by atoms with Gasteiger partial charge in [0.25, 0.3) is 0 Å². The van der Waals surface area contributed by atoms with E-state index >= 15 is 0 Å². The highest BCUT2D eigenvalue weighted by molar-refractivity contribution is 5.81. The van der Waals surface area contributed by atoms with Crippen molar-refractivity contribution in [1.29, 1.82) is 0 Å². The van der Waals surface area contributed by atoms with Gasteiger partial charge in [-0.25, -0.2) is 4.98 Å². The van der Waals surface area contributed by atoms with Gasteiger partial charge >= 0.3 is 0 Å².